The molecule has 0 bridgehead atoms. The van der Waals surface area contributed by atoms with Crippen molar-refractivity contribution in [1.29, 1.82) is 0 Å². The lowest BCUT2D eigenvalue weighted by molar-refractivity contribution is 0.0935. The van der Waals surface area contributed by atoms with Gasteiger partial charge in [0, 0.05) is 5.56 Å². The minimum Gasteiger partial charge on any atom is -0.497 e. The molecular weight excluding hydrogens is 440 g/mol. The number of rotatable bonds is 9. The Bertz CT molecular complexity index is 1140. The van der Waals surface area contributed by atoms with Crippen LogP contribution in [0.25, 0.3) is 0 Å². The molecule has 4 rings (SSSR count). The van der Waals surface area contributed by atoms with Gasteiger partial charge in [0.1, 0.15) is 28.4 Å². The molecular formula is C30H28O5. The average molecular weight is 469 g/mol. The highest BCUT2D eigenvalue weighted by atomic mass is 16.5. The lowest BCUT2D eigenvalue weighted by atomic mass is 9.65. The molecule has 0 N–H and O–H groups in total. The van der Waals surface area contributed by atoms with Gasteiger partial charge in [-0.15, -0.1) is 0 Å². The van der Waals surface area contributed by atoms with Gasteiger partial charge in [0.15, 0.2) is 5.78 Å². The number of hydrogen-bond donors (Lipinski definition) is 0. The summed E-state index contributed by atoms with van der Waals surface area (Å²) in [5, 5.41) is 0. The zero-order valence-electron chi connectivity index (χ0n) is 20.3. The molecule has 4 aromatic rings. The lowest BCUT2D eigenvalue weighted by Crippen LogP contribution is -2.38. The van der Waals surface area contributed by atoms with Crippen molar-refractivity contribution in [2.24, 2.45) is 0 Å². The van der Waals surface area contributed by atoms with Crippen molar-refractivity contribution in [1.82, 2.24) is 0 Å². The third-order valence-electron chi connectivity index (χ3n) is 6.26. The quantitative estimate of drug-likeness (QED) is 0.225. The summed E-state index contributed by atoms with van der Waals surface area (Å²) < 4.78 is 21.5. The van der Waals surface area contributed by atoms with Gasteiger partial charge < -0.3 is 18.9 Å². The summed E-state index contributed by atoms with van der Waals surface area (Å²) >= 11 is 0. The van der Waals surface area contributed by atoms with E-state index in [4.69, 9.17) is 18.9 Å². The normalized spacial score (nSPS) is 11.0. The third kappa shape index (κ3) is 4.45. The molecule has 0 unspecified atom stereocenters. The zero-order valence-corrected chi connectivity index (χ0v) is 20.3. The van der Waals surface area contributed by atoms with Crippen LogP contribution in [0.15, 0.2) is 97.1 Å². The van der Waals surface area contributed by atoms with Gasteiger partial charge in [-0.2, -0.15) is 0 Å². The number of ketones is 1. The molecule has 5 heteroatoms. The second-order valence-corrected chi connectivity index (χ2v) is 7.99. The first-order chi connectivity index (χ1) is 17.1. The molecule has 5 nitrogen and oxygen atoms in total. The van der Waals surface area contributed by atoms with E-state index in [-0.39, 0.29) is 5.78 Å². The molecule has 0 fully saturated rings. The Balaban J connectivity index is 2.03. The van der Waals surface area contributed by atoms with Crippen molar-refractivity contribution >= 4 is 5.78 Å². The van der Waals surface area contributed by atoms with Gasteiger partial charge in [-0.3, -0.25) is 4.79 Å². The second kappa shape index (κ2) is 10.3. The van der Waals surface area contributed by atoms with E-state index in [2.05, 4.69) is 0 Å². The van der Waals surface area contributed by atoms with E-state index < -0.39 is 5.41 Å². The van der Waals surface area contributed by atoms with Gasteiger partial charge in [0.05, 0.1) is 28.4 Å². The lowest BCUT2D eigenvalue weighted by Gasteiger charge is -2.35. The number of Topliss-reactive ketones (excluding diaryl/α,β-unsaturated/α-hetero) is 1. The Hall–Kier alpha value is -4.25. The number of carbonyl (C=O) groups is 1. The summed E-state index contributed by atoms with van der Waals surface area (Å²) in [6.45, 7) is 0. The number of benzene rings is 4. The predicted molar refractivity (Wildman–Crippen MR) is 136 cm³/mol. The van der Waals surface area contributed by atoms with Gasteiger partial charge in [-0.1, -0.05) is 36.4 Å². The molecule has 0 saturated heterocycles. The van der Waals surface area contributed by atoms with Crippen LogP contribution in [-0.4, -0.2) is 34.2 Å². The Labute approximate surface area is 205 Å². The van der Waals surface area contributed by atoms with Crippen molar-refractivity contribution in [3.05, 3.63) is 119 Å². The van der Waals surface area contributed by atoms with E-state index in [1.54, 1.807) is 52.7 Å². The van der Waals surface area contributed by atoms with Crippen molar-refractivity contribution in [2.45, 2.75) is 5.41 Å². The maximum Gasteiger partial charge on any atom is 0.182 e. The SMILES string of the molecule is COc1ccc(C(=O)C(c2ccc(OC)cc2)(c2ccc(OC)cc2)c2ccc(OC)cc2)cc1. The predicted octanol–water partition coefficient (Wildman–Crippen LogP) is 5.94. The van der Waals surface area contributed by atoms with Crippen LogP contribution in [0.3, 0.4) is 0 Å². The Morgan fingerprint density at radius 1 is 0.457 bits per heavy atom. The van der Waals surface area contributed by atoms with E-state index in [1.165, 1.54) is 0 Å². The van der Waals surface area contributed by atoms with E-state index >= 15 is 0 Å². The summed E-state index contributed by atoms with van der Waals surface area (Å²) in [5.41, 5.74) is 1.87. The summed E-state index contributed by atoms with van der Waals surface area (Å²) in [6, 6.07) is 30.1. The monoisotopic (exact) mass is 468 g/mol. The van der Waals surface area contributed by atoms with E-state index in [9.17, 15) is 4.79 Å². The van der Waals surface area contributed by atoms with Gasteiger partial charge in [0.2, 0.25) is 0 Å². The Morgan fingerprint density at radius 3 is 0.971 bits per heavy atom. The van der Waals surface area contributed by atoms with Gasteiger partial charge in [-0.05, 0) is 77.4 Å². The maximum absolute atomic E-state index is 14.6. The minimum absolute atomic E-state index is 0.0688. The number of carbonyl (C=O) groups excluding carboxylic acids is 1. The minimum atomic E-state index is -1.14. The highest BCUT2D eigenvalue weighted by molar-refractivity contribution is 6.09. The molecule has 0 aliphatic carbocycles. The number of hydrogen-bond acceptors (Lipinski definition) is 5. The summed E-state index contributed by atoms with van der Waals surface area (Å²) in [6.07, 6.45) is 0. The first kappa shape index (κ1) is 23.9. The van der Waals surface area contributed by atoms with Crippen LogP contribution in [0.2, 0.25) is 0 Å². The molecule has 0 amide bonds. The first-order valence-corrected chi connectivity index (χ1v) is 11.2. The summed E-state index contributed by atoms with van der Waals surface area (Å²) in [4.78, 5) is 14.6. The molecule has 0 aromatic heterocycles. The zero-order chi connectivity index (χ0) is 24.8. The number of methoxy groups -OCH3 is 4. The van der Waals surface area contributed by atoms with Gasteiger partial charge >= 0.3 is 0 Å². The van der Waals surface area contributed by atoms with Crippen molar-refractivity contribution < 1.29 is 23.7 Å². The van der Waals surface area contributed by atoms with Crippen molar-refractivity contribution in [2.75, 3.05) is 28.4 Å². The highest BCUT2D eigenvalue weighted by Gasteiger charge is 2.44. The van der Waals surface area contributed by atoms with Gasteiger partial charge in [0.25, 0.3) is 0 Å². The topological polar surface area (TPSA) is 54.0 Å². The van der Waals surface area contributed by atoms with Crippen LogP contribution in [0, 0.1) is 0 Å². The Morgan fingerprint density at radius 2 is 0.714 bits per heavy atom. The van der Waals surface area contributed by atoms with Crippen LogP contribution >= 0.6 is 0 Å². The average Bonchev–Trinajstić information content (AvgIpc) is 2.94. The standard InChI is InChI=1S/C30H28O5/c1-32-25-13-5-21(6-14-25)29(31)30(22-7-15-26(33-2)16-8-22,23-9-17-27(34-3)18-10-23)24-11-19-28(35-4)20-12-24/h5-20H,1-4H3. The highest BCUT2D eigenvalue weighted by Crippen LogP contribution is 2.43. The molecule has 4 aromatic carbocycles. The molecule has 0 aliphatic rings. The molecule has 35 heavy (non-hydrogen) atoms. The van der Waals surface area contributed by atoms with Crippen molar-refractivity contribution in [3.63, 3.8) is 0 Å². The molecule has 0 spiro atoms. The van der Waals surface area contributed by atoms with Crippen LogP contribution < -0.4 is 18.9 Å². The molecule has 0 saturated carbocycles. The summed E-state index contributed by atoms with van der Waals surface area (Å²) in [7, 11) is 6.47. The van der Waals surface area contributed by atoms with Crippen LogP contribution in [0.4, 0.5) is 0 Å². The first-order valence-electron chi connectivity index (χ1n) is 11.2. The second-order valence-electron chi connectivity index (χ2n) is 7.99. The maximum atomic E-state index is 14.6. The Kier molecular flexibility index (Phi) is 7.06. The fourth-order valence-electron chi connectivity index (χ4n) is 4.38. The van der Waals surface area contributed by atoms with E-state index in [1.807, 2.05) is 72.8 Å². The van der Waals surface area contributed by atoms with Crippen LogP contribution in [-0.2, 0) is 5.41 Å². The molecule has 178 valence electrons. The fraction of sp³-hybridized carbons (Fsp3) is 0.167. The third-order valence-corrected chi connectivity index (χ3v) is 6.26. The molecule has 0 atom stereocenters. The molecule has 0 radical (unpaired) electrons. The smallest absolute Gasteiger partial charge is 0.182 e. The molecule has 0 heterocycles. The fourth-order valence-corrected chi connectivity index (χ4v) is 4.38. The van der Waals surface area contributed by atoms with Crippen molar-refractivity contribution in [3.8, 4) is 23.0 Å². The molecule has 0 aliphatic heterocycles. The summed E-state index contributed by atoms with van der Waals surface area (Å²) in [5.74, 6) is 2.75. The van der Waals surface area contributed by atoms with E-state index in [0.717, 1.165) is 16.7 Å². The number of ether oxygens (including phenoxy) is 4. The van der Waals surface area contributed by atoms with Crippen LogP contribution in [0.1, 0.15) is 27.0 Å². The largest absolute Gasteiger partial charge is 0.497 e. The van der Waals surface area contributed by atoms with E-state index in [0.29, 0.717) is 28.6 Å². The van der Waals surface area contributed by atoms with Crippen LogP contribution in [0.5, 0.6) is 23.0 Å². The van der Waals surface area contributed by atoms with Gasteiger partial charge in [-0.25, -0.2) is 0 Å².